The van der Waals surface area contributed by atoms with Gasteiger partial charge in [0.2, 0.25) is 0 Å². The molecule has 4 aromatic rings. The summed E-state index contributed by atoms with van der Waals surface area (Å²) in [6.45, 7) is -0.0574. The molecule has 124 valence electrons. The molecular weight excluding hydrogens is 308 g/mol. The minimum Gasteiger partial charge on any atom is -0.469 e. The monoisotopic (exact) mass is 326 g/mol. The van der Waals surface area contributed by atoms with Gasteiger partial charge in [0.25, 0.3) is 0 Å². The van der Waals surface area contributed by atoms with Crippen molar-refractivity contribution in [2.75, 3.05) is 0 Å². The van der Waals surface area contributed by atoms with Crippen LogP contribution in [0.4, 0.5) is 0 Å². The molecule has 0 aliphatic heterocycles. The molecule has 0 atom stereocenters. The molecule has 0 fully saturated rings. The van der Waals surface area contributed by atoms with E-state index in [0.29, 0.717) is 12.2 Å². The number of hydrogen-bond donors (Lipinski definition) is 1. The summed E-state index contributed by atoms with van der Waals surface area (Å²) in [7, 11) is 0. The summed E-state index contributed by atoms with van der Waals surface area (Å²) in [4.78, 5) is 0. The third kappa shape index (κ3) is 4.54. The first-order valence-corrected chi connectivity index (χ1v) is 7.59. The molecule has 0 radical (unpaired) electrons. The Morgan fingerprint density at radius 2 is 1.04 bits per heavy atom. The van der Waals surface area contributed by atoms with E-state index in [0.717, 1.165) is 29.5 Å². The molecule has 0 amide bonds. The maximum absolute atomic E-state index is 8.76. The highest BCUT2D eigenvalue weighted by molar-refractivity contribution is 5.13. The van der Waals surface area contributed by atoms with Crippen molar-refractivity contribution in [2.24, 2.45) is 0 Å². The van der Waals surface area contributed by atoms with Crippen molar-refractivity contribution in [3.63, 3.8) is 0 Å². The van der Waals surface area contributed by atoms with Gasteiger partial charge in [-0.05, 0) is 48.5 Å². The van der Waals surface area contributed by atoms with Crippen molar-refractivity contribution in [3.05, 3.63) is 96.1 Å². The topological polar surface area (TPSA) is 72.8 Å². The van der Waals surface area contributed by atoms with Gasteiger partial charge in [0.1, 0.15) is 35.4 Å². The van der Waals surface area contributed by atoms with Crippen LogP contribution in [0.1, 0.15) is 28.8 Å². The molecule has 0 aliphatic rings. The van der Waals surface area contributed by atoms with Gasteiger partial charge in [-0.15, -0.1) is 0 Å². The Labute approximate surface area is 139 Å². The number of aliphatic hydroxyl groups is 1. The van der Waals surface area contributed by atoms with E-state index in [2.05, 4.69) is 0 Å². The molecule has 1 N–H and O–H groups in total. The SMILES string of the molecule is OCc1ccc(Cc2ccco2)o1.c1coc(Cc2ccco2)c1. The molecule has 0 saturated carbocycles. The van der Waals surface area contributed by atoms with Crippen molar-refractivity contribution in [2.45, 2.75) is 19.4 Å². The Kier molecular flexibility index (Phi) is 5.37. The van der Waals surface area contributed by atoms with E-state index in [1.807, 2.05) is 42.5 Å². The first-order valence-electron chi connectivity index (χ1n) is 7.59. The van der Waals surface area contributed by atoms with Crippen molar-refractivity contribution in [3.8, 4) is 0 Å². The fourth-order valence-electron chi connectivity index (χ4n) is 2.19. The summed E-state index contributed by atoms with van der Waals surface area (Å²) < 4.78 is 20.7. The molecule has 0 bridgehead atoms. The normalized spacial score (nSPS) is 10.4. The molecule has 0 spiro atoms. The van der Waals surface area contributed by atoms with Crippen LogP contribution >= 0.6 is 0 Å². The Morgan fingerprint density at radius 1 is 0.583 bits per heavy atom. The van der Waals surface area contributed by atoms with Gasteiger partial charge in [0.05, 0.1) is 31.6 Å². The van der Waals surface area contributed by atoms with E-state index in [1.165, 1.54) is 0 Å². The quantitative estimate of drug-likeness (QED) is 0.588. The predicted octanol–water partition coefficient (Wildman–Crippen LogP) is 4.42. The van der Waals surface area contributed by atoms with Gasteiger partial charge < -0.3 is 22.8 Å². The summed E-state index contributed by atoms with van der Waals surface area (Å²) in [5.74, 6) is 4.11. The highest BCUT2D eigenvalue weighted by Crippen LogP contribution is 2.13. The Bertz CT molecular complexity index is 760. The van der Waals surface area contributed by atoms with Crippen LogP contribution in [0.5, 0.6) is 0 Å². The lowest BCUT2D eigenvalue weighted by Gasteiger charge is -1.91. The van der Waals surface area contributed by atoms with Crippen LogP contribution in [0.3, 0.4) is 0 Å². The van der Waals surface area contributed by atoms with Gasteiger partial charge in [-0.1, -0.05) is 0 Å². The highest BCUT2D eigenvalue weighted by atomic mass is 16.4. The lowest BCUT2D eigenvalue weighted by atomic mass is 10.3. The van der Waals surface area contributed by atoms with Crippen molar-refractivity contribution >= 4 is 0 Å². The molecular formula is C19H18O5. The van der Waals surface area contributed by atoms with Crippen LogP contribution in [-0.2, 0) is 19.4 Å². The minimum atomic E-state index is -0.0574. The largest absolute Gasteiger partial charge is 0.469 e. The molecule has 0 aliphatic carbocycles. The maximum Gasteiger partial charge on any atom is 0.129 e. The maximum atomic E-state index is 8.76. The van der Waals surface area contributed by atoms with Crippen LogP contribution in [0.2, 0.25) is 0 Å². The molecule has 4 heterocycles. The smallest absolute Gasteiger partial charge is 0.129 e. The number of hydrogen-bond acceptors (Lipinski definition) is 5. The molecule has 4 rings (SSSR count). The summed E-state index contributed by atoms with van der Waals surface area (Å²) in [5, 5.41) is 8.76. The molecule has 5 heteroatoms. The Morgan fingerprint density at radius 3 is 1.42 bits per heavy atom. The average molecular weight is 326 g/mol. The summed E-state index contributed by atoms with van der Waals surface area (Å²) in [5.41, 5.74) is 0. The predicted molar refractivity (Wildman–Crippen MR) is 86.4 cm³/mol. The fourth-order valence-corrected chi connectivity index (χ4v) is 2.19. The van der Waals surface area contributed by atoms with Crippen LogP contribution in [-0.4, -0.2) is 5.11 Å². The van der Waals surface area contributed by atoms with Gasteiger partial charge in [0.15, 0.2) is 0 Å². The number of furan rings is 4. The third-order valence-electron chi connectivity index (χ3n) is 3.31. The summed E-state index contributed by atoms with van der Waals surface area (Å²) in [6, 6.07) is 14.9. The zero-order valence-corrected chi connectivity index (χ0v) is 13.1. The lowest BCUT2D eigenvalue weighted by molar-refractivity contribution is 0.243. The average Bonchev–Trinajstić information content (AvgIpc) is 3.38. The van der Waals surface area contributed by atoms with Gasteiger partial charge in [-0.3, -0.25) is 0 Å². The van der Waals surface area contributed by atoms with E-state index in [9.17, 15) is 0 Å². The third-order valence-corrected chi connectivity index (χ3v) is 3.31. The van der Waals surface area contributed by atoms with Gasteiger partial charge >= 0.3 is 0 Å². The zero-order valence-electron chi connectivity index (χ0n) is 13.1. The van der Waals surface area contributed by atoms with Crippen LogP contribution in [0, 0.1) is 0 Å². The molecule has 4 aromatic heterocycles. The van der Waals surface area contributed by atoms with Crippen LogP contribution in [0.25, 0.3) is 0 Å². The van der Waals surface area contributed by atoms with Crippen molar-refractivity contribution < 1.29 is 22.8 Å². The van der Waals surface area contributed by atoms with Crippen molar-refractivity contribution in [1.29, 1.82) is 0 Å². The molecule has 0 aromatic carbocycles. The van der Waals surface area contributed by atoms with Gasteiger partial charge in [-0.2, -0.15) is 0 Å². The molecule has 24 heavy (non-hydrogen) atoms. The summed E-state index contributed by atoms with van der Waals surface area (Å²) in [6.07, 6.45) is 6.33. The highest BCUT2D eigenvalue weighted by Gasteiger charge is 2.03. The van der Waals surface area contributed by atoms with Gasteiger partial charge in [-0.25, -0.2) is 0 Å². The number of rotatable bonds is 5. The second-order valence-corrected chi connectivity index (χ2v) is 5.12. The van der Waals surface area contributed by atoms with E-state index in [4.69, 9.17) is 22.8 Å². The van der Waals surface area contributed by atoms with E-state index < -0.39 is 0 Å². The van der Waals surface area contributed by atoms with Crippen molar-refractivity contribution in [1.82, 2.24) is 0 Å². The molecule has 0 saturated heterocycles. The second kappa shape index (κ2) is 8.08. The van der Waals surface area contributed by atoms with E-state index >= 15 is 0 Å². The molecule has 0 unspecified atom stereocenters. The summed E-state index contributed by atoms with van der Waals surface area (Å²) >= 11 is 0. The van der Waals surface area contributed by atoms with Crippen LogP contribution in [0.15, 0.2) is 85.0 Å². The first-order chi connectivity index (χ1) is 11.8. The second-order valence-electron chi connectivity index (χ2n) is 5.12. The van der Waals surface area contributed by atoms with E-state index in [1.54, 1.807) is 24.9 Å². The minimum absolute atomic E-state index is 0.0574. The van der Waals surface area contributed by atoms with Gasteiger partial charge in [0, 0.05) is 0 Å². The Hall–Kier alpha value is -2.92. The molecule has 5 nitrogen and oxygen atoms in total. The standard InChI is InChI=1S/C10H10O3.C9H8O2/c11-7-10-4-3-9(13-10)6-8-2-1-5-12-8;1-3-8(10-5-1)7-9-4-2-6-11-9/h1-5,11H,6-7H2;1-6H,7H2. The zero-order chi connectivity index (χ0) is 16.6. The first kappa shape index (κ1) is 16.0. The van der Waals surface area contributed by atoms with E-state index in [-0.39, 0.29) is 6.61 Å². The fraction of sp³-hybridized carbons (Fsp3) is 0.158. The van der Waals surface area contributed by atoms with Crippen LogP contribution < -0.4 is 0 Å². The number of aliphatic hydroxyl groups excluding tert-OH is 1. The lowest BCUT2D eigenvalue weighted by Crippen LogP contribution is -1.81. The Balaban J connectivity index is 0.000000143.